The third-order valence-electron chi connectivity index (χ3n) is 2.96. The number of hydrogen-bond donors (Lipinski definition) is 1. The molecular formula is C11H20O3. The molecule has 0 radical (unpaired) electrons. The lowest BCUT2D eigenvalue weighted by Gasteiger charge is -2.23. The molecule has 0 amide bonds. The number of aliphatic hydroxyl groups is 1. The number of esters is 1. The number of carbonyl (C=O) groups excluding carboxylic acids is 1. The first-order chi connectivity index (χ1) is 6.72. The number of aliphatic hydroxyl groups excluding tert-OH is 1. The Labute approximate surface area is 85.5 Å². The van der Waals surface area contributed by atoms with Crippen molar-refractivity contribution in [1.29, 1.82) is 0 Å². The highest BCUT2D eigenvalue weighted by molar-refractivity contribution is 5.69. The quantitative estimate of drug-likeness (QED) is 0.705. The normalized spacial score (nSPS) is 20.4. The number of methoxy groups -OCH3 is 1. The van der Waals surface area contributed by atoms with Gasteiger partial charge in [-0.2, -0.15) is 0 Å². The molecule has 0 heterocycles. The first kappa shape index (κ1) is 11.5. The van der Waals surface area contributed by atoms with Crippen LogP contribution in [0.1, 0.15) is 44.9 Å². The molecule has 0 aliphatic heterocycles. The van der Waals surface area contributed by atoms with Crippen molar-refractivity contribution in [2.24, 2.45) is 5.92 Å². The molecule has 3 nitrogen and oxygen atoms in total. The Morgan fingerprint density at radius 2 is 2.07 bits per heavy atom. The van der Waals surface area contributed by atoms with Crippen LogP contribution in [-0.2, 0) is 9.53 Å². The van der Waals surface area contributed by atoms with Gasteiger partial charge in [-0.1, -0.05) is 32.1 Å². The molecular weight excluding hydrogens is 180 g/mol. The van der Waals surface area contributed by atoms with Gasteiger partial charge in [0.15, 0.2) is 0 Å². The second kappa shape index (κ2) is 6.02. The summed E-state index contributed by atoms with van der Waals surface area (Å²) in [5.41, 5.74) is 0. The van der Waals surface area contributed by atoms with Crippen LogP contribution in [0.25, 0.3) is 0 Å². The zero-order chi connectivity index (χ0) is 10.4. The number of hydrogen-bond acceptors (Lipinski definition) is 3. The van der Waals surface area contributed by atoms with E-state index in [9.17, 15) is 9.90 Å². The van der Waals surface area contributed by atoms with Gasteiger partial charge in [-0.05, 0) is 12.3 Å². The van der Waals surface area contributed by atoms with E-state index in [1.54, 1.807) is 0 Å². The van der Waals surface area contributed by atoms with E-state index in [4.69, 9.17) is 0 Å². The van der Waals surface area contributed by atoms with Crippen LogP contribution in [0.5, 0.6) is 0 Å². The summed E-state index contributed by atoms with van der Waals surface area (Å²) in [6.45, 7) is 0. The van der Waals surface area contributed by atoms with Crippen LogP contribution in [0.15, 0.2) is 0 Å². The largest absolute Gasteiger partial charge is 0.469 e. The maximum atomic E-state index is 10.9. The minimum atomic E-state index is -0.509. The molecule has 0 unspecified atom stereocenters. The molecule has 14 heavy (non-hydrogen) atoms. The number of rotatable bonds is 4. The van der Waals surface area contributed by atoms with Crippen LogP contribution in [0, 0.1) is 5.92 Å². The van der Waals surface area contributed by atoms with Crippen LogP contribution in [0.3, 0.4) is 0 Å². The molecule has 0 aromatic heterocycles. The molecule has 0 saturated heterocycles. The van der Waals surface area contributed by atoms with E-state index in [0.717, 1.165) is 6.42 Å². The van der Waals surface area contributed by atoms with Gasteiger partial charge in [0.2, 0.25) is 0 Å². The highest BCUT2D eigenvalue weighted by Crippen LogP contribution is 2.27. The average Bonchev–Trinajstić information content (AvgIpc) is 2.19. The molecule has 0 bridgehead atoms. The topological polar surface area (TPSA) is 46.5 Å². The van der Waals surface area contributed by atoms with Crippen molar-refractivity contribution in [3.63, 3.8) is 0 Å². The summed E-state index contributed by atoms with van der Waals surface area (Å²) in [4.78, 5) is 10.9. The van der Waals surface area contributed by atoms with Gasteiger partial charge in [-0.25, -0.2) is 0 Å². The van der Waals surface area contributed by atoms with Crippen molar-refractivity contribution in [2.75, 3.05) is 7.11 Å². The van der Waals surface area contributed by atoms with Crippen molar-refractivity contribution in [1.82, 2.24) is 0 Å². The second-order valence-electron chi connectivity index (χ2n) is 4.17. The summed E-state index contributed by atoms with van der Waals surface area (Å²) in [6, 6.07) is 0. The van der Waals surface area contributed by atoms with E-state index in [1.807, 2.05) is 0 Å². The average molecular weight is 200 g/mol. The van der Waals surface area contributed by atoms with Crippen molar-refractivity contribution < 1.29 is 14.6 Å². The monoisotopic (exact) mass is 200 g/mol. The summed E-state index contributed by atoms with van der Waals surface area (Å²) in [5, 5.41) is 9.60. The lowest BCUT2D eigenvalue weighted by atomic mass is 9.85. The zero-order valence-corrected chi connectivity index (χ0v) is 8.87. The lowest BCUT2D eigenvalue weighted by Crippen LogP contribution is -2.19. The van der Waals surface area contributed by atoms with Crippen LogP contribution in [-0.4, -0.2) is 24.3 Å². The predicted octanol–water partition coefficient (Wildman–Crippen LogP) is 1.88. The molecule has 82 valence electrons. The fraction of sp³-hybridized carbons (Fsp3) is 0.909. The SMILES string of the molecule is COC(=O)C[C@H](O)CC1CCCCC1. The summed E-state index contributed by atoms with van der Waals surface area (Å²) in [6.07, 6.45) is 6.68. The first-order valence-electron chi connectivity index (χ1n) is 5.47. The zero-order valence-electron chi connectivity index (χ0n) is 8.87. The van der Waals surface area contributed by atoms with Crippen LogP contribution >= 0.6 is 0 Å². The third-order valence-corrected chi connectivity index (χ3v) is 2.96. The number of carbonyl (C=O) groups is 1. The van der Waals surface area contributed by atoms with Gasteiger partial charge in [0.1, 0.15) is 0 Å². The molecule has 3 heteroatoms. The van der Waals surface area contributed by atoms with Crippen molar-refractivity contribution in [3.8, 4) is 0 Å². The first-order valence-corrected chi connectivity index (χ1v) is 5.47. The van der Waals surface area contributed by atoms with Gasteiger partial charge >= 0.3 is 5.97 Å². The highest BCUT2D eigenvalue weighted by atomic mass is 16.5. The molecule has 0 aromatic carbocycles. The molecule has 1 aliphatic rings. The molecule has 1 saturated carbocycles. The summed E-state index contributed by atoms with van der Waals surface area (Å²) < 4.78 is 4.51. The van der Waals surface area contributed by atoms with Crippen LogP contribution in [0.4, 0.5) is 0 Å². The Morgan fingerprint density at radius 3 is 2.64 bits per heavy atom. The Balaban J connectivity index is 2.18. The maximum Gasteiger partial charge on any atom is 0.308 e. The maximum absolute atomic E-state index is 10.9. The summed E-state index contributed by atoms with van der Waals surface area (Å²) >= 11 is 0. The molecule has 1 atom stereocenters. The Hall–Kier alpha value is -0.570. The fourth-order valence-electron chi connectivity index (χ4n) is 2.17. The van der Waals surface area contributed by atoms with Crippen LogP contribution < -0.4 is 0 Å². The van der Waals surface area contributed by atoms with E-state index >= 15 is 0 Å². The van der Waals surface area contributed by atoms with E-state index < -0.39 is 6.10 Å². The third kappa shape index (κ3) is 4.09. The van der Waals surface area contributed by atoms with E-state index in [-0.39, 0.29) is 12.4 Å². The Morgan fingerprint density at radius 1 is 1.43 bits per heavy atom. The fourth-order valence-corrected chi connectivity index (χ4v) is 2.17. The summed E-state index contributed by atoms with van der Waals surface area (Å²) in [7, 11) is 1.36. The molecule has 1 rings (SSSR count). The molecule has 0 aromatic rings. The lowest BCUT2D eigenvalue weighted by molar-refractivity contribution is -0.143. The molecule has 1 aliphatic carbocycles. The summed E-state index contributed by atoms with van der Waals surface area (Å²) in [5.74, 6) is 0.303. The minimum Gasteiger partial charge on any atom is -0.469 e. The minimum absolute atomic E-state index is 0.146. The standard InChI is InChI=1S/C11H20O3/c1-14-11(13)8-10(12)7-9-5-3-2-4-6-9/h9-10,12H,2-8H2,1H3/t10-/m1/s1. The van der Waals surface area contributed by atoms with Crippen LogP contribution in [0.2, 0.25) is 0 Å². The molecule has 1 N–H and O–H groups in total. The van der Waals surface area contributed by atoms with Crippen molar-refractivity contribution in [2.45, 2.75) is 51.0 Å². The van der Waals surface area contributed by atoms with E-state index in [0.29, 0.717) is 5.92 Å². The van der Waals surface area contributed by atoms with Gasteiger partial charge in [-0.3, -0.25) is 4.79 Å². The molecule has 1 fully saturated rings. The predicted molar refractivity (Wildman–Crippen MR) is 53.8 cm³/mol. The smallest absolute Gasteiger partial charge is 0.308 e. The van der Waals surface area contributed by atoms with Gasteiger partial charge < -0.3 is 9.84 Å². The van der Waals surface area contributed by atoms with Gasteiger partial charge in [0, 0.05) is 0 Å². The van der Waals surface area contributed by atoms with Gasteiger partial charge in [-0.15, -0.1) is 0 Å². The Kier molecular flexibility index (Phi) is 4.94. The van der Waals surface area contributed by atoms with Crippen molar-refractivity contribution in [3.05, 3.63) is 0 Å². The van der Waals surface area contributed by atoms with E-state index in [1.165, 1.54) is 39.2 Å². The second-order valence-corrected chi connectivity index (χ2v) is 4.17. The highest BCUT2D eigenvalue weighted by Gasteiger charge is 2.19. The van der Waals surface area contributed by atoms with Crippen molar-refractivity contribution >= 4 is 5.97 Å². The molecule has 0 spiro atoms. The number of ether oxygens (including phenoxy) is 1. The van der Waals surface area contributed by atoms with E-state index in [2.05, 4.69) is 4.74 Å². The van der Waals surface area contributed by atoms with Gasteiger partial charge in [0.25, 0.3) is 0 Å². The Bertz CT molecular complexity index is 173. The van der Waals surface area contributed by atoms with Gasteiger partial charge in [0.05, 0.1) is 19.6 Å².